The van der Waals surface area contributed by atoms with Gasteiger partial charge in [-0.3, -0.25) is 9.47 Å². The molecule has 0 unspecified atom stereocenters. The predicted molar refractivity (Wildman–Crippen MR) is 158 cm³/mol. The van der Waals surface area contributed by atoms with Crippen LogP contribution in [0.3, 0.4) is 0 Å². The summed E-state index contributed by atoms with van der Waals surface area (Å²) in [4.78, 5) is 22.0. The lowest BCUT2D eigenvalue weighted by Gasteiger charge is -2.43. The second-order valence-corrected chi connectivity index (χ2v) is 11.7. The molecule has 2 aromatic heterocycles. The van der Waals surface area contributed by atoms with Gasteiger partial charge in [0.25, 0.3) is 0 Å². The van der Waals surface area contributed by atoms with Gasteiger partial charge >= 0.3 is 11.8 Å². The molecule has 3 heterocycles. The number of halogens is 1. The Labute approximate surface area is 242 Å². The number of aryl methyl sites for hydroxylation is 1. The standard InChI is InChI=1S/C30H34ClN5O5/c1-19-16-23(20-8-9-25(24(31)18-20)35-14-15-36(28(35)38)30(39,40)41)27(37)26(32-19)21-6-5-7-22(17-21)33-10-12-34(13-11-33)29(2,3)4/h5-9,14-18,37,39-41H,10-13H2,1-4H3. The monoisotopic (exact) mass is 579 g/mol. The third-order valence-corrected chi connectivity index (χ3v) is 7.76. The van der Waals surface area contributed by atoms with Crippen LogP contribution in [0.15, 0.2) is 65.7 Å². The zero-order chi connectivity index (χ0) is 29.7. The number of anilines is 1. The number of aromatic nitrogens is 3. The van der Waals surface area contributed by atoms with Gasteiger partial charge in [-0.15, -0.1) is 0 Å². The lowest BCUT2D eigenvalue weighted by molar-refractivity contribution is -0.376. The third-order valence-electron chi connectivity index (χ3n) is 7.45. The molecule has 0 aliphatic carbocycles. The summed E-state index contributed by atoms with van der Waals surface area (Å²) in [7, 11) is 0. The van der Waals surface area contributed by atoms with Crippen LogP contribution in [0, 0.1) is 6.92 Å². The van der Waals surface area contributed by atoms with E-state index in [0.717, 1.165) is 48.2 Å². The SMILES string of the molecule is Cc1cc(-c2ccc(-n3ccn(C(O)(O)O)c3=O)c(Cl)c2)c(O)c(-c2cccc(N3CCN(C(C)(C)C)CC3)c2)n1. The second kappa shape index (κ2) is 10.6. The first-order valence-corrected chi connectivity index (χ1v) is 13.7. The van der Waals surface area contributed by atoms with E-state index in [0.29, 0.717) is 27.1 Å². The Balaban J connectivity index is 1.46. The lowest BCUT2D eigenvalue weighted by Crippen LogP contribution is -2.53. The molecule has 0 saturated carbocycles. The van der Waals surface area contributed by atoms with Crippen molar-refractivity contribution in [1.29, 1.82) is 0 Å². The number of hydrogen-bond acceptors (Lipinski definition) is 8. The largest absolute Gasteiger partial charge is 0.505 e. The van der Waals surface area contributed by atoms with Gasteiger partial charge in [0.15, 0.2) is 0 Å². The maximum Gasteiger partial charge on any atom is 0.377 e. The van der Waals surface area contributed by atoms with Crippen molar-refractivity contribution in [1.82, 2.24) is 19.0 Å². The molecule has 1 fully saturated rings. The van der Waals surface area contributed by atoms with Crippen molar-refractivity contribution in [3.05, 3.63) is 82.1 Å². The van der Waals surface area contributed by atoms with Gasteiger partial charge in [0.05, 0.1) is 10.7 Å². The van der Waals surface area contributed by atoms with Gasteiger partial charge in [0, 0.05) is 66.6 Å². The molecular formula is C30H34ClN5O5. The summed E-state index contributed by atoms with van der Waals surface area (Å²) in [5, 5.41) is 39.7. The van der Waals surface area contributed by atoms with E-state index in [1.165, 1.54) is 6.20 Å². The molecule has 4 N–H and O–H groups in total. The van der Waals surface area contributed by atoms with Crippen LogP contribution in [0.1, 0.15) is 26.5 Å². The molecule has 216 valence electrons. The van der Waals surface area contributed by atoms with Gasteiger partial charge in [0.2, 0.25) is 0 Å². The minimum absolute atomic E-state index is 0.00284. The smallest absolute Gasteiger partial charge is 0.377 e. The van der Waals surface area contributed by atoms with Crippen LogP contribution in [-0.4, -0.2) is 71.2 Å². The third kappa shape index (κ3) is 5.74. The average Bonchev–Trinajstić information content (AvgIpc) is 3.31. The number of pyridine rings is 1. The van der Waals surface area contributed by atoms with E-state index in [-0.39, 0.29) is 22.0 Å². The summed E-state index contributed by atoms with van der Waals surface area (Å²) in [6, 6.07) is 14.7. The van der Waals surface area contributed by atoms with E-state index in [4.69, 9.17) is 11.6 Å². The van der Waals surface area contributed by atoms with Crippen LogP contribution in [0.4, 0.5) is 5.69 Å². The summed E-state index contributed by atoms with van der Waals surface area (Å²) >= 11 is 6.54. The molecule has 1 saturated heterocycles. The van der Waals surface area contributed by atoms with Gasteiger partial charge in [-0.1, -0.05) is 29.8 Å². The number of hydrogen-bond donors (Lipinski definition) is 4. The van der Waals surface area contributed by atoms with Crippen LogP contribution >= 0.6 is 11.6 Å². The van der Waals surface area contributed by atoms with Crippen molar-refractivity contribution in [3.8, 4) is 33.8 Å². The molecule has 10 nitrogen and oxygen atoms in total. The molecule has 1 aliphatic heterocycles. The molecule has 0 radical (unpaired) electrons. The molecule has 2 aromatic carbocycles. The number of piperazine rings is 1. The van der Waals surface area contributed by atoms with Crippen molar-refractivity contribution in [3.63, 3.8) is 0 Å². The Morgan fingerprint density at radius 3 is 2.22 bits per heavy atom. The van der Waals surface area contributed by atoms with E-state index < -0.39 is 11.8 Å². The highest BCUT2D eigenvalue weighted by atomic mass is 35.5. The van der Waals surface area contributed by atoms with Crippen LogP contribution < -0.4 is 10.6 Å². The van der Waals surface area contributed by atoms with E-state index in [1.54, 1.807) is 24.3 Å². The Morgan fingerprint density at radius 2 is 1.61 bits per heavy atom. The van der Waals surface area contributed by atoms with Gasteiger partial charge in [-0.2, -0.15) is 0 Å². The molecule has 0 spiro atoms. The van der Waals surface area contributed by atoms with Gasteiger partial charge < -0.3 is 25.3 Å². The van der Waals surface area contributed by atoms with Crippen molar-refractivity contribution in [2.45, 2.75) is 39.3 Å². The number of nitrogens with zero attached hydrogens (tertiary/aromatic N) is 5. The Kier molecular flexibility index (Phi) is 7.47. The molecule has 41 heavy (non-hydrogen) atoms. The summed E-state index contributed by atoms with van der Waals surface area (Å²) < 4.78 is 1.42. The maximum absolute atomic E-state index is 12.6. The van der Waals surface area contributed by atoms with Gasteiger partial charge in [-0.05, 0) is 63.6 Å². The summed E-state index contributed by atoms with van der Waals surface area (Å²) in [6.45, 7) is 12.3. The first-order valence-electron chi connectivity index (χ1n) is 13.3. The lowest BCUT2D eigenvalue weighted by atomic mass is 9.99. The fourth-order valence-corrected chi connectivity index (χ4v) is 5.50. The Bertz CT molecular complexity index is 1640. The fraction of sp³-hybridized carbons (Fsp3) is 0.333. The molecule has 5 rings (SSSR count). The molecule has 0 atom stereocenters. The first kappa shape index (κ1) is 28.8. The number of rotatable bonds is 5. The maximum atomic E-state index is 12.6. The quantitative estimate of drug-likeness (QED) is 0.265. The molecule has 11 heteroatoms. The Hall–Kier alpha value is -3.67. The molecular weight excluding hydrogens is 546 g/mol. The van der Waals surface area contributed by atoms with Crippen molar-refractivity contribution < 1.29 is 20.4 Å². The minimum atomic E-state index is -3.34. The van der Waals surface area contributed by atoms with Gasteiger partial charge in [0.1, 0.15) is 11.4 Å². The fourth-order valence-electron chi connectivity index (χ4n) is 5.23. The second-order valence-electron chi connectivity index (χ2n) is 11.3. The highest BCUT2D eigenvalue weighted by Crippen LogP contribution is 2.40. The number of benzene rings is 2. The molecule has 1 aliphatic rings. The number of aliphatic hydroxyl groups is 3. The van der Waals surface area contributed by atoms with Crippen molar-refractivity contribution in [2.24, 2.45) is 0 Å². The summed E-state index contributed by atoms with van der Waals surface area (Å²) in [6.07, 6.45) is -1.07. The van der Waals surface area contributed by atoms with Crippen LogP contribution in [0.5, 0.6) is 5.75 Å². The van der Waals surface area contributed by atoms with Gasteiger partial charge in [-0.25, -0.2) is 14.3 Å². The molecule has 0 bridgehead atoms. The predicted octanol–water partition coefficient (Wildman–Crippen LogP) is 3.50. The minimum Gasteiger partial charge on any atom is -0.505 e. The highest BCUT2D eigenvalue weighted by Gasteiger charge is 2.27. The van der Waals surface area contributed by atoms with E-state index in [2.05, 4.69) is 47.7 Å². The van der Waals surface area contributed by atoms with E-state index in [1.807, 2.05) is 19.1 Å². The first-order chi connectivity index (χ1) is 19.2. The van der Waals surface area contributed by atoms with Crippen molar-refractivity contribution >= 4 is 17.3 Å². The van der Waals surface area contributed by atoms with Crippen LogP contribution in [0.2, 0.25) is 5.02 Å². The number of imidazole rings is 1. The van der Waals surface area contributed by atoms with E-state index in [9.17, 15) is 25.2 Å². The normalized spacial score (nSPS) is 15.0. The molecule has 0 amide bonds. The number of aromatic hydroxyl groups is 1. The average molecular weight is 580 g/mol. The van der Waals surface area contributed by atoms with Crippen molar-refractivity contribution in [2.75, 3.05) is 31.1 Å². The van der Waals surface area contributed by atoms with E-state index >= 15 is 0 Å². The summed E-state index contributed by atoms with van der Waals surface area (Å²) in [5.74, 6) is 0.00284. The Morgan fingerprint density at radius 1 is 0.902 bits per heavy atom. The van der Waals surface area contributed by atoms with Crippen LogP contribution in [-0.2, 0) is 6.10 Å². The molecule has 4 aromatic rings. The zero-order valence-electron chi connectivity index (χ0n) is 23.4. The summed E-state index contributed by atoms with van der Waals surface area (Å²) in [5.41, 5.74) is 3.63. The zero-order valence-corrected chi connectivity index (χ0v) is 24.2. The van der Waals surface area contributed by atoms with Crippen LogP contribution in [0.25, 0.3) is 28.1 Å². The topological polar surface area (TPSA) is 127 Å². The highest BCUT2D eigenvalue weighted by molar-refractivity contribution is 6.32.